The summed E-state index contributed by atoms with van der Waals surface area (Å²) >= 11 is 0. The number of pyridine rings is 1. The number of hydrogen-bond acceptors (Lipinski definition) is 6. The SMILES string of the molecule is COc1cc(CO)nc([N+](=O)[O-])c1OC(F)(F)F. The number of halogens is 3. The number of nitrogens with zero attached hydrogens (tertiary/aromatic N) is 2. The fraction of sp³-hybridized carbons (Fsp3) is 0.375. The van der Waals surface area contributed by atoms with Crippen molar-refractivity contribution in [1.29, 1.82) is 0 Å². The average Bonchev–Trinajstić information content (AvgIpc) is 2.26. The molecule has 10 heteroatoms. The average molecular weight is 268 g/mol. The lowest BCUT2D eigenvalue weighted by atomic mass is 10.3. The summed E-state index contributed by atoms with van der Waals surface area (Å²) in [5.74, 6) is -2.89. The molecule has 1 rings (SSSR count). The highest BCUT2D eigenvalue weighted by atomic mass is 19.4. The van der Waals surface area contributed by atoms with E-state index in [1.54, 1.807) is 0 Å². The van der Waals surface area contributed by atoms with Gasteiger partial charge in [-0.3, -0.25) is 0 Å². The molecule has 0 bridgehead atoms. The Kier molecular flexibility index (Phi) is 3.91. The molecule has 0 atom stereocenters. The van der Waals surface area contributed by atoms with Crippen molar-refractivity contribution in [1.82, 2.24) is 4.98 Å². The number of ether oxygens (including phenoxy) is 2. The topological polar surface area (TPSA) is 94.7 Å². The van der Waals surface area contributed by atoms with Crippen LogP contribution in [-0.4, -0.2) is 28.5 Å². The minimum Gasteiger partial charge on any atom is -0.492 e. The molecule has 0 aliphatic heterocycles. The van der Waals surface area contributed by atoms with Gasteiger partial charge >= 0.3 is 12.2 Å². The normalized spacial score (nSPS) is 11.2. The summed E-state index contributed by atoms with van der Waals surface area (Å²) in [6.07, 6.45) is -5.12. The number of aromatic nitrogens is 1. The molecule has 1 aromatic rings. The first-order valence-electron chi connectivity index (χ1n) is 4.37. The summed E-state index contributed by atoms with van der Waals surface area (Å²) in [6.45, 7) is -0.691. The van der Waals surface area contributed by atoms with Crippen LogP contribution in [0.4, 0.5) is 19.0 Å². The van der Waals surface area contributed by atoms with Crippen molar-refractivity contribution in [2.24, 2.45) is 0 Å². The van der Waals surface area contributed by atoms with Crippen LogP contribution in [0.15, 0.2) is 6.07 Å². The highest BCUT2D eigenvalue weighted by molar-refractivity contribution is 5.52. The monoisotopic (exact) mass is 268 g/mol. The molecular formula is C8H7F3N2O5. The second-order valence-electron chi connectivity index (χ2n) is 2.93. The Morgan fingerprint density at radius 2 is 2.17 bits per heavy atom. The van der Waals surface area contributed by atoms with Gasteiger partial charge in [0.1, 0.15) is 6.61 Å². The van der Waals surface area contributed by atoms with Crippen LogP contribution < -0.4 is 9.47 Å². The Labute approximate surface area is 97.9 Å². The second-order valence-corrected chi connectivity index (χ2v) is 2.93. The van der Waals surface area contributed by atoms with E-state index in [2.05, 4.69) is 14.5 Å². The van der Waals surface area contributed by atoms with E-state index in [-0.39, 0.29) is 5.69 Å². The van der Waals surface area contributed by atoms with Gasteiger partial charge in [-0.25, -0.2) is 0 Å². The van der Waals surface area contributed by atoms with Crippen LogP contribution in [0.2, 0.25) is 0 Å². The number of alkyl halides is 3. The molecule has 0 aliphatic carbocycles. The van der Waals surface area contributed by atoms with Crippen LogP contribution in [-0.2, 0) is 6.61 Å². The van der Waals surface area contributed by atoms with Crippen LogP contribution in [0.1, 0.15) is 5.69 Å². The third-order valence-corrected chi connectivity index (χ3v) is 1.75. The maximum atomic E-state index is 12.1. The van der Waals surface area contributed by atoms with Gasteiger partial charge < -0.3 is 24.7 Å². The molecule has 1 N–H and O–H groups in total. The van der Waals surface area contributed by atoms with Gasteiger partial charge in [-0.15, -0.1) is 13.2 Å². The summed E-state index contributed by atoms with van der Waals surface area (Å²) in [6, 6.07) is 0.911. The lowest BCUT2D eigenvalue weighted by Crippen LogP contribution is -2.19. The van der Waals surface area contributed by atoms with Gasteiger partial charge in [0.15, 0.2) is 11.4 Å². The predicted octanol–water partition coefficient (Wildman–Crippen LogP) is 1.39. The molecule has 1 heterocycles. The van der Waals surface area contributed by atoms with Crippen molar-refractivity contribution in [3.63, 3.8) is 0 Å². The molecule has 0 radical (unpaired) electrons. The van der Waals surface area contributed by atoms with E-state index in [1.807, 2.05) is 0 Å². The van der Waals surface area contributed by atoms with E-state index in [0.29, 0.717) is 0 Å². The maximum Gasteiger partial charge on any atom is 0.573 e. The quantitative estimate of drug-likeness (QED) is 0.655. The van der Waals surface area contributed by atoms with Gasteiger partial charge in [0, 0.05) is 6.07 Å². The number of aliphatic hydroxyl groups is 1. The Morgan fingerprint density at radius 3 is 2.56 bits per heavy atom. The smallest absolute Gasteiger partial charge is 0.492 e. The molecule has 0 fully saturated rings. The lowest BCUT2D eigenvalue weighted by molar-refractivity contribution is -0.393. The summed E-state index contributed by atoms with van der Waals surface area (Å²) in [4.78, 5) is 12.7. The van der Waals surface area contributed by atoms with E-state index in [0.717, 1.165) is 13.2 Å². The summed E-state index contributed by atoms with van der Waals surface area (Å²) in [5, 5.41) is 19.4. The molecule has 100 valence electrons. The van der Waals surface area contributed by atoms with E-state index in [9.17, 15) is 23.3 Å². The molecule has 0 unspecified atom stereocenters. The van der Waals surface area contributed by atoms with Crippen molar-refractivity contribution in [2.75, 3.05) is 7.11 Å². The molecule has 18 heavy (non-hydrogen) atoms. The summed E-state index contributed by atoms with van der Waals surface area (Å²) < 4.78 is 44.4. The zero-order valence-corrected chi connectivity index (χ0v) is 8.89. The molecule has 0 amide bonds. The van der Waals surface area contributed by atoms with Crippen LogP contribution in [0.5, 0.6) is 11.5 Å². The van der Waals surface area contributed by atoms with Gasteiger partial charge in [0.2, 0.25) is 0 Å². The van der Waals surface area contributed by atoms with Gasteiger partial charge in [-0.05, 0) is 9.91 Å². The number of methoxy groups -OCH3 is 1. The summed E-state index contributed by atoms with van der Waals surface area (Å²) in [7, 11) is 1.00. The van der Waals surface area contributed by atoms with Crippen LogP contribution in [0.25, 0.3) is 0 Å². The molecule has 0 saturated carbocycles. The van der Waals surface area contributed by atoms with Crippen molar-refractivity contribution < 1.29 is 32.7 Å². The van der Waals surface area contributed by atoms with E-state index in [4.69, 9.17) is 5.11 Å². The highest BCUT2D eigenvalue weighted by Gasteiger charge is 2.37. The first kappa shape index (κ1) is 14.0. The molecule has 0 spiro atoms. The van der Waals surface area contributed by atoms with Crippen molar-refractivity contribution >= 4 is 5.82 Å². The van der Waals surface area contributed by atoms with Gasteiger partial charge in [-0.1, -0.05) is 0 Å². The van der Waals surface area contributed by atoms with Gasteiger partial charge in [-0.2, -0.15) is 0 Å². The minimum absolute atomic E-state index is 0.215. The molecule has 0 aliphatic rings. The number of aliphatic hydroxyl groups excluding tert-OH is 1. The lowest BCUT2D eigenvalue weighted by Gasteiger charge is -2.12. The number of hydrogen-bond donors (Lipinski definition) is 1. The Balaban J connectivity index is 3.39. The van der Waals surface area contributed by atoms with Crippen LogP contribution in [0.3, 0.4) is 0 Å². The van der Waals surface area contributed by atoms with Crippen LogP contribution >= 0.6 is 0 Å². The minimum atomic E-state index is -5.12. The maximum absolute atomic E-state index is 12.1. The highest BCUT2D eigenvalue weighted by Crippen LogP contribution is 2.39. The molecule has 7 nitrogen and oxygen atoms in total. The number of nitro groups is 1. The van der Waals surface area contributed by atoms with Crippen LogP contribution in [0, 0.1) is 10.1 Å². The molecule has 0 aromatic carbocycles. The van der Waals surface area contributed by atoms with Gasteiger partial charge in [0.05, 0.1) is 7.11 Å². The zero-order chi connectivity index (χ0) is 13.9. The fourth-order valence-corrected chi connectivity index (χ4v) is 1.11. The fourth-order valence-electron chi connectivity index (χ4n) is 1.11. The molecule has 0 saturated heterocycles. The number of rotatable bonds is 4. The largest absolute Gasteiger partial charge is 0.573 e. The third-order valence-electron chi connectivity index (χ3n) is 1.75. The van der Waals surface area contributed by atoms with Gasteiger partial charge in [0.25, 0.3) is 5.75 Å². The standard InChI is InChI=1S/C8H7F3N2O5/c1-17-5-2-4(3-14)12-7(13(15)16)6(5)18-8(9,10)11/h2,14H,3H2,1H3. The van der Waals surface area contributed by atoms with Crippen molar-refractivity contribution in [3.8, 4) is 11.5 Å². The predicted molar refractivity (Wildman–Crippen MR) is 50.0 cm³/mol. The first-order valence-corrected chi connectivity index (χ1v) is 4.37. The summed E-state index contributed by atoms with van der Waals surface area (Å²) in [5.41, 5.74) is -0.215. The van der Waals surface area contributed by atoms with Crippen molar-refractivity contribution in [3.05, 3.63) is 21.9 Å². The Morgan fingerprint density at radius 1 is 1.56 bits per heavy atom. The van der Waals surface area contributed by atoms with Crippen molar-refractivity contribution in [2.45, 2.75) is 13.0 Å². The van der Waals surface area contributed by atoms with E-state index >= 15 is 0 Å². The third kappa shape index (κ3) is 3.20. The second kappa shape index (κ2) is 5.04. The zero-order valence-electron chi connectivity index (χ0n) is 8.89. The Bertz CT molecular complexity index is 463. The van der Waals surface area contributed by atoms with E-state index in [1.165, 1.54) is 0 Å². The molecule has 1 aromatic heterocycles. The molecular weight excluding hydrogens is 261 g/mol. The van der Waals surface area contributed by atoms with E-state index < -0.39 is 35.2 Å². The first-order chi connectivity index (χ1) is 8.28. The Hall–Kier alpha value is -2.10.